The van der Waals surface area contributed by atoms with Gasteiger partial charge in [0.1, 0.15) is 0 Å². The Labute approximate surface area is 233 Å². The molecule has 2 aliphatic heterocycles. The van der Waals surface area contributed by atoms with E-state index in [0.29, 0.717) is 11.6 Å². The van der Waals surface area contributed by atoms with Gasteiger partial charge in [-0.05, 0) is 93.2 Å². The van der Waals surface area contributed by atoms with Gasteiger partial charge < -0.3 is 20.1 Å². The fraction of sp³-hybridized carbons (Fsp3) is 0.394. The molecule has 2 N–H and O–H groups in total. The Morgan fingerprint density at radius 3 is 2.59 bits per heavy atom. The molecule has 3 heterocycles. The highest BCUT2D eigenvalue weighted by atomic mass is 16.2. The molecule has 0 radical (unpaired) electrons. The average molecular weight is 527 g/mol. The van der Waals surface area contributed by atoms with E-state index in [4.69, 9.17) is 0 Å². The Morgan fingerprint density at radius 1 is 1.13 bits per heavy atom. The van der Waals surface area contributed by atoms with Crippen LogP contribution in [0.3, 0.4) is 0 Å². The highest BCUT2D eigenvalue weighted by molar-refractivity contribution is 5.92. The molecular weight excluding hydrogens is 484 g/mol. The molecule has 1 amide bonds. The van der Waals surface area contributed by atoms with Crippen molar-refractivity contribution in [2.24, 2.45) is 0 Å². The summed E-state index contributed by atoms with van der Waals surface area (Å²) in [5.74, 6) is 0.110. The van der Waals surface area contributed by atoms with Crippen LogP contribution in [0, 0.1) is 0 Å². The quantitative estimate of drug-likeness (QED) is 0.222. The third-order valence-corrected chi connectivity index (χ3v) is 7.70. The SMILES string of the molecule is C=C(/C=C(\C=C/C)c1cc(C=O)c(CCNC)[nH]1)c1ccc(/C=C/C(=O)N2CCCC2CN2CCCC2)cc1. The maximum atomic E-state index is 13.0. The Morgan fingerprint density at radius 2 is 1.90 bits per heavy atom. The number of amides is 1. The van der Waals surface area contributed by atoms with Crippen molar-refractivity contribution in [2.75, 3.05) is 39.8 Å². The number of nitrogens with one attached hydrogen (secondary N) is 2. The van der Waals surface area contributed by atoms with Crippen molar-refractivity contribution in [3.8, 4) is 0 Å². The molecule has 2 aliphatic rings. The Bertz CT molecular complexity index is 1230. The highest BCUT2D eigenvalue weighted by Gasteiger charge is 2.29. The predicted octanol–water partition coefficient (Wildman–Crippen LogP) is 5.36. The molecule has 1 aromatic heterocycles. The highest BCUT2D eigenvalue weighted by Crippen LogP contribution is 2.25. The smallest absolute Gasteiger partial charge is 0.246 e. The van der Waals surface area contributed by atoms with E-state index in [1.54, 1.807) is 6.08 Å². The van der Waals surface area contributed by atoms with Crippen molar-refractivity contribution in [3.63, 3.8) is 0 Å². The topological polar surface area (TPSA) is 68.4 Å². The molecule has 1 aromatic carbocycles. The van der Waals surface area contributed by atoms with Gasteiger partial charge in [0.25, 0.3) is 0 Å². The van der Waals surface area contributed by atoms with Gasteiger partial charge in [-0.15, -0.1) is 0 Å². The Kier molecular flexibility index (Phi) is 10.3. The van der Waals surface area contributed by atoms with Gasteiger partial charge in [-0.25, -0.2) is 0 Å². The molecule has 1 unspecified atom stereocenters. The number of aromatic nitrogens is 1. The fourth-order valence-corrected chi connectivity index (χ4v) is 5.55. The summed E-state index contributed by atoms with van der Waals surface area (Å²) in [7, 11) is 1.90. The van der Waals surface area contributed by atoms with Crippen molar-refractivity contribution in [3.05, 3.63) is 89.3 Å². The van der Waals surface area contributed by atoms with Crippen molar-refractivity contribution >= 4 is 29.4 Å². The number of allylic oxidation sites excluding steroid dienone is 5. The number of nitrogens with zero attached hydrogens (tertiary/aromatic N) is 2. The number of hydrogen-bond acceptors (Lipinski definition) is 4. The number of carbonyl (C=O) groups is 2. The van der Waals surface area contributed by atoms with E-state index < -0.39 is 0 Å². The second kappa shape index (κ2) is 14.1. The molecule has 0 bridgehead atoms. The number of aromatic amines is 1. The van der Waals surface area contributed by atoms with E-state index >= 15 is 0 Å². The number of rotatable bonds is 12. The van der Waals surface area contributed by atoms with Gasteiger partial charge in [0.15, 0.2) is 6.29 Å². The largest absolute Gasteiger partial charge is 0.358 e. The molecular formula is C33H42N4O2. The second-order valence-corrected chi connectivity index (χ2v) is 10.5. The molecule has 206 valence electrons. The second-order valence-electron chi connectivity index (χ2n) is 10.5. The number of aldehydes is 1. The number of likely N-dealkylation sites (N-methyl/N-ethyl adjacent to an activating group) is 1. The minimum Gasteiger partial charge on any atom is -0.358 e. The summed E-state index contributed by atoms with van der Waals surface area (Å²) in [6.45, 7) is 11.3. The normalized spacial score (nSPS) is 18.6. The number of hydrogen-bond donors (Lipinski definition) is 2. The summed E-state index contributed by atoms with van der Waals surface area (Å²) in [5.41, 5.74) is 6.33. The van der Waals surface area contributed by atoms with E-state index in [1.807, 2.05) is 68.6 Å². The van der Waals surface area contributed by atoms with E-state index in [-0.39, 0.29) is 5.91 Å². The molecule has 1 atom stereocenters. The first-order valence-corrected chi connectivity index (χ1v) is 14.2. The molecule has 2 saturated heterocycles. The lowest BCUT2D eigenvalue weighted by Gasteiger charge is -2.27. The molecule has 2 aromatic rings. The first-order valence-electron chi connectivity index (χ1n) is 14.2. The van der Waals surface area contributed by atoms with Crippen molar-refractivity contribution < 1.29 is 9.59 Å². The fourth-order valence-electron chi connectivity index (χ4n) is 5.55. The standard InChI is InChI=1S/C33H42N4O2/c1-4-8-28(32-22-29(24-38)31(35-32)16-17-34-3)21-25(2)27-13-10-26(11-14-27)12-15-33(39)37-20-7-9-30(37)23-36-18-5-6-19-36/h4,8,10-15,21-22,24,30,34-35H,2,5-7,9,16-20,23H2,1,3H3/b8-4-,15-12+,28-21+. The molecule has 6 nitrogen and oxygen atoms in total. The van der Waals surface area contributed by atoms with Crippen LogP contribution >= 0.6 is 0 Å². The first kappa shape index (κ1) is 28.5. The minimum atomic E-state index is 0.110. The van der Waals surface area contributed by atoms with Gasteiger partial charge in [0.05, 0.1) is 0 Å². The van der Waals surface area contributed by atoms with Crippen molar-refractivity contribution in [2.45, 2.75) is 45.1 Å². The van der Waals surface area contributed by atoms with Crippen LogP contribution in [-0.2, 0) is 11.2 Å². The lowest BCUT2D eigenvalue weighted by Crippen LogP contribution is -2.41. The number of carbonyl (C=O) groups excluding carboxylic acids is 2. The average Bonchev–Trinajstić information content (AvgIpc) is 3.72. The zero-order valence-corrected chi connectivity index (χ0v) is 23.4. The lowest BCUT2D eigenvalue weighted by molar-refractivity contribution is -0.127. The van der Waals surface area contributed by atoms with E-state index in [0.717, 1.165) is 78.8 Å². The van der Waals surface area contributed by atoms with E-state index in [2.05, 4.69) is 26.7 Å². The molecule has 0 saturated carbocycles. The van der Waals surface area contributed by atoms with Gasteiger partial charge >= 0.3 is 0 Å². The summed E-state index contributed by atoms with van der Waals surface area (Å²) in [6.07, 6.45) is 16.1. The zero-order valence-electron chi connectivity index (χ0n) is 23.4. The predicted molar refractivity (Wildman–Crippen MR) is 162 cm³/mol. The molecule has 0 aliphatic carbocycles. The molecule has 0 spiro atoms. The van der Waals surface area contributed by atoms with Gasteiger partial charge in [-0.2, -0.15) is 0 Å². The van der Waals surface area contributed by atoms with Crippen LogP contribution < -0.4 is 5.32 Å². The third-order valence-electron chi connectivity index (χ3n) is 7.70. The van der Waals surface area contributed by atoms with E-state index in [9.17, 15) is 9.59 Å². The van der Waals surface area contributed by atoms with Gasteiger partial charge in [-0.1, -0.05) is 43.0 Å². The lowest BCUT2D eigenvalue weighted by atomic mass is 10.0. The third kappa shape index (κ3) is 7.55. The molecule has 6 heteroatoms. The van der Waals surface area contributed by atoms with Crippen molar-refractivity contribution in [1.29, 1.82) is 0 Å². The van der Waals surface area contributed by atoms with Crippen LogP contribution in [0.1, 0.15) is 65.5 Å². The Balaban J connectivity index is 1.41. The summed E-state index contributed by atoms with van der Waals surface area (Å²) in [6, 6.07) is 10.4. The molecule has 2 fully saturated rings. The van der Waals surface area contributed by atoms with Crippen LogP contribution in [0.25, 0.3) is 17.2 Å². The minimum absolute atomic E-state index is 0.110. The summed E-state index contributed by atoms with van der Waals surface area (Å²) in [5, 5.41) is 3.13. The van der Waals surface area contributed by atoms with Crippen LogP contribution in [0.2, 0.25) is 0 Å². The van der Waals surface area contributed by atoms with E-state index in [1.165, 1.54) is 25.9 Å². The Hall–Kier alpha value is -3.48. The van der Waals surface area contributed by atoms with Gasteiger partial charge in [0, 0.05) is 55.1 Å². The van der Waals surface area contributed by atoms with Gasteiger partial charge in [-0.3, -0.25) is 9.59 Å². The van der Waals surface area contributed by atoms with Gasteiger partial charge in [0.2, 0.25) is 5.91 Å². The van der Waals surface area contributed by atoms with Crippen LogP contribution in [-0.4, -0.2) is 72.8 Å². The number of likely N-dealkylation sites (tertiary alicyclic amines) is 2. The molecule has 39 heavy (non-hydrogen) atoms. The molecule has 4 rings (SSSR count). The maximum Gasteiger partial charge on any atom is 0.246 e. The summed E-state index contributed by atoms with van der Waals surface area (Å²) >= 11 is 0. The monoisotopic (exact) mass is 526 g/mol. The van der Waals surface area contributed by atoms with Crippen molar-refractivity contribution in [1.82, 2.24) is 20.1 Å². The summed E-state index contributed by atoms with van der Waals surface area (Å²) in [4.78, 5) is 32.5. The first-order chi connectivity index (χ1) is 19.0. The van der Waals surface area contributed by atoms with Crippen LogP contribution in [0.15, 0.2) is 61.2 Å². The van der Waals surface area contributed by atoms with Crippen LogP contribution in [0.4, 0.5) is 0 Å². The van der Waals surface area contributed by atoms with Crippen LogP contribution in [0.5, 0.6) is 0 Å². The number of H-pyrrole nitrogens is 1. The zero-order chi connectivity index (χ0) is 27.6. The maximum absolute atomic E-state index is 13.0. The summed E-state index contributed by atoms with van der Waals surface area (Å²) < 4.78 is 0. The number of benzene rings is 1.